The Balaban J connectivity index is 1.17. The van der Waals surface area contributed by atoms with E-state index in [1.165, 1.54) is 43.5 Å². The normalized spacial score (nSPS) is 11.3. The van der Waals surface area contributed by atoms with Crippen LogP contribution in [0.3, 0.4) is 0 Å². The van der Waals surface area contributed by atoms with Crippen molar-refractivity contribution in [1.29, 1.82) is 0 Å². The summed E-state index contributed by atoms with van der Waals surface area (Å²) in [5, 5.41) is 2.30. The summed E-state index contributed by atoms with van der Waals surface area (Å²) < 4.78 is 1.22. The van der Waals surface area contributed by atoms with Crippen LogP contribution in [0.15, 0.2) is 182 Å². The first-order valence-electron chi connectivity index (χ1n) is 16.5. The van der Waals surface area contributed by atoms with Crippen LogP contribution in [0.4, 0.5) is 0 Å². The van der Waals surface area contributed by atoms with Gasteiger partial charge in [0.1, 0.15) is 4.83 Å². The Hall–Kier alpha value is -6.16. The number of rotatable bonds is 6. The second-order valence-corrected chi connectivity index (χ2v) is 13.3. The molecule has 0 aliphatic heterocycles. The summed E-state index contributed by atoms with van der Waals surface area (Å²) in [7, 11) is 0. The van der Waals surface area contributed by atoms with Crippen molar-refractivity contribution in [2.75, 3.05) is 0 Å². The number of aromatic nitrogens is 2. The van der Waals surface area contributed by atoms with E-state index in [0.717, 1.165) is 44.0 Å². The van der Waals surface area contributed by atoms with Crippen molar-refractivity contribution in [3.8, 4) is 67.2 Å². The van der Waals surface area contributed by atoms with Gasteiger partial charge in [0.25, 0.3) is 0 Å². The molecule has 0 saturated heterocycles. The van der Waals surface area contributed by atoms with Gasteiger partial charge in [0, 0.05) is 26.6 Å². The lowest BCUT2D eigenvalue weighted by Gasteiger charge is -2.13. The van der Waals surface area contributed by atoms with Crippen molar-refractivity contribution < 1.29 is 0 Å². The highest BCUT2D eigenvalue weighted by Crippen LogP contribution is 2.41. The third kappa shape index (κ3) is 5.61. The van der Waals surface area contributed by atoms with Gasteiger partial charge >= 0.3 is 0 Å². The van der Waals surface area contributed by atoms with E-state index in [2.05, 4.69) is 164 Å². The number of hydrogen-bond donors (Lipinski definition) is 0. The Morgan fingerprint density at radius 3 is 1.37 bits per heavy atom. The van der Waals surface area contributed by atoms with Gasteiger partial charge < -0.3 is 0 Å². The Morgan fingerprint density at radius 1 is 0.327 bits per heavy atom. The predicted molar refractivity (Wildman–Crippen MR) is 208 cm³/mol. The SMILES string of the molecule is c1ccc(-c2cc(-c3ccccc3)cc(-c3cccc(-c4cccc(-c5nc(-c6ccccc6)nc6sc7ccccc7c56)c4)c3)c2)cc1. The smallest absolute Gasteiger partial charge is 0.161 e. The third-order valence-electron chi connectivity index (χ3n) is 9.08. The van der Waals surface area contributed by atoms with Gasteiger partial charge in [-0.15, -0.1) is 11.3 Å². The lowest BCUT2D eigenvalue weighted by Crippen LogP contribution is -1.94. The molecule has 49 heavy (non-hydrogen) atoms. The van der Waals surface area contributed by atoms with E-state index in [4.69, 9.17) is 9.97 Å². The molecule has 9 aromatic rings. The predicted octanol–water partition coefficient (Wildman–Crippen LogP) is 12.8. The first kappa shape index (κ1) is 29.0. The molecule has 7 aromatic carbocycles. The molecule has 0 fully saturated rings. The molecule has 3 heteroatoms. The van der Waals surface area contributed by atoms with E-state index in [-0.39, 0.29) is 0 Å². The van der Waals surface area contributed by atoms with Gasteiger partial charge in [-0.3, -0.25) is 0 Å². The summed E-state index contributed by atoms with van der Waals surface area (Å²) in [6, 6.07) is 64.7. The number of thiophene rings is 1. The lowest BCUT2D eigenvalue weighted by molar-refractivity contribution is 1.24. The van der Waals surface area contributed by atoms with Crippen LogP contribution in [0.2, 0.25) is 0 Å². The van der Waals surface area contributed by atoms with Gasteiger partial charge in [-0.25, -0.2) is 9.97 Å². The van der Waals surface area contributed by atoms with Crippen molar-refractivity contribution in [2.45, 2.75) is 0 Å². The van der Waals surface area contributed by atoms with E-state index in [0.29, 0.717) is 0 Å². The van der Waals surface area contributed by atoms with Crippen LogP contribution >= 0.6 is 11.3 Å². The standard InChI is InChI=1S/C46H30N2S/c1-4-14-31(15-5-1)38-28-39(32-16-6-2-7-17-32)30-40(29-38)36-22-12-20-34(26-36)35-21-13-23-37(27-35)44-43-41-24-10-11-25-42(41)49-46(43)48-45(47-44)33-18-8-3-9-19-33/h1-30H. The molecule has 2 aromatic heterocycles. The number of benzene rings is 7. The van der Waals surface area contributed by atoms with E-state index < -0.39 is 0 Å². The zero-order chi connectivity index (χ0) is 32.6. The summed E-state index contributed by atoms with van der Waals surface area (Å²) in [5.74, 6) is 0.745. The molecule has 0 atom stereocenters. The minimum absolute atomic E-state index is 0.745. The second-order valence-electron chi connectivity index (χ2n) is 12.2. The average molecular weight is 643 g/mol. The van der Waals surface area contributed by atoms with Crippen LogP contribution in [0.25, 0.3) is 87.5 Å². The van der Waals surface area contributed by atoms with Crippen LogP contribution in [0.5, 0.6) is 0 Å². The molecule has 0 N–H and O–H groups in total. The van der Waals surface area contributed by atoms with Gasteiger partial charge in [0.05, 0.1) is 5.69 Å². The molecule has 9 rings (SSSR count). The van der Waals surface area contributed by atoms with Crippen molar-refractivity contribution in [3.05, 3.63) is 182 Å². The molecule has 0 aliphatic carbocycles. The Bertz CT molecular complexity index is 2530. The Morgan fingerprint density at radius 2 is 0.755 bits per heavy atom. The first-order chi connectivity index (χ1) is 24.3. The van der Waals surface area contributed by atoms with Gasteiger partial charge in [-0.2, -0.15) is 0 Å². The first-order valence-corrected chi connectivity index (χ1v) is 17.3. The maximum Gasteiger partial charge on any atom is 0.161 e. The van der Waals surface area contributed by atoms with Gasteiger partial charge in [0.2, 0.25) is 0 Å². The molecule has 0 unspecified atom stereocenters. The van der Waals surface area contributed by atoms with Crippen LogP contribution < -0.4 is 0 Å². The maximum absolute atomic E-state index is 5.24. The van der Waals surface area contributed by atoms with Gasteiger partial charge in [0.15, 0.2) is 5.82 Å². The largest absolute Gasteiger partial charge is 0.227 e. The molecule has 0 spiro atoms. The highest BCUT2D eigenvalue weighted by atomic mass is 32.1. The minimum atomic E-state index is 0.745. The number of nitrogens with zero attached hydrogens (tertiary/aromatic N) is 2. The highest BCUT2D eigenvalue weighted by molar-refractivity contribution is 7.25. The molecular formula is C46H30N2S. The maximum atomic E-state index is 5.24. The summed E-state index contributed by atoms with van der Waals surface area (Å²) in [4.78, 5) is 11.3. The van der Waals surface area contributed by atoms with E-state index in [1.807, 2.05) is 18.2 Å². The molecule has 0 aliphatic rings. The molecule has 2 nitrogen and oxygen atoms in total. The highest BCUT2D eigenvalue weighted by Gasteiger charge is 2.17. The van der Waals surface area contributed by atoms with Crippen molar-refractivity contribution in [1.82, 2.24) is 9.97 Å². The summed E-state index contributed by atoms with van der Waals surface area (Å²) in [6.45, 7) is 0. The van der Waals surface area contributed by atoms with Crippen LogP contribution in [0, 0.1) is 0 Å². The molecule has 0 radical (unpaired) electrons. The van der Waals surface area contributed by atoms with Crippen LogP contribution in [0.1, 0.15) is 0 Å². The Kier molecular flexibility index (Phi) is 7.38. The van der Waals surface area contributed by atoms with Crippen LogP contribution in [-0.2, 0) is 0 Å². The van der Waals surface area contributed by atoms with Crippen molar-refractivity contribution >= 4 is 31.6 Å². The van der Waals surface area contributed by atoms with Gasteiger partial charge in [-0.1, -0.05) is 146 Å². The topological polar surface area (TPSA) is 25.8 Å². The fourth-order valence-electron chi connectivity index (χ4n) is 6.66. The molecule has 0 bridgehead atoms. The molecule has 0 saturated carbocycles. The van der Waals surface area contributed by atoms with E-state index in [1.54, 1.807) is 11.3 Å². The van der Waals surface area contributed by atoms with E-state index >= 15 is 0 Å². The Labute approximate surface area is 289 Å². The zero-order valence-electron chi connectivity index (χ0n) is 26.6. The van der Waals surface area contributed by atoms with Gasteiger partial charge in [-0.05, 0) is 80.9 Å². The third-order valence-corrected chi connectivity index (χ3v) is 10.1. The molecule has 0 amide bonds. The minimum Gasteiger partial charge on any atom is -0.227 e. The quantitative estimate of drug-likeness (QED) is 0.180. The molecule has 2 heterocycles. The molecule has 230 valence electrons. The fraction of sp³-hybridized carbons (Fsp3) is 0. The number of fused-ring (bicyclic) bond motifs is 3. The van der Waals surface area contributed by atoms with Crippen LogP contribution in [-0.4, -0.2) is 9.97 Å². The molecular weight excluding hydrogens is 613 g/mol. The zero-order valence-corrected chi connectivity index (χ0v) is 27.4. The monoisotopic (exact) mass is 642 g/mol. The van der Waals surface area contributed by atoms with Crippen molar-refractivity contribution in [2.24, 2.45) is 0 Å². The number of hydrogen-bond acceptors (Lipinski definition) is 3. The summed E-state index contributed by atoms with van der Waals surface area (Å²) in [6.07, 6.45) is 0. The summed E-state index contributed by atoms with van der Waals surface area (Å²) in [5.41, 5.74) is 12.5. The van der Waals surface area contributed by atoms with E-state index in [9.17, 15) is 0 Å². The fourth-order valence-corrected chi connectivity index (χ4v) is 7.74. The lowest BCUT2D eigenvalue weighted by atomic mass is 9.92. The van der Waals surface area contributed by atoms with Crippen molar-refractivity contribution in [3.63, 3.8) is 0 Å². The summed E-state index contributed by atoms with van der Waals surface area (Å²) >= 11 is 1.73. The second kappa shape index (κ2) is 12.5. The average Bonchev–Trinajstić information content (AvgIpc) is 3.57.